The van der Waals surface area contributed by atoms with Gasteiger partial charge in [0, 0.05) is 76.7 Å². The summed E-state index contributed by atoms with van der Waals surface area (Å²) in [5.41, 5.74) is 42.8. The van der Waals surface area contributed by atoms with Gasteiger partial charge >= 0.3 is 0 Å². The van der Waals surface area contributed by atoms with Crippen LogP contribution in [0.4, 0.5) is 34.1 Å². The van der Waals surface area contributed by atoms with Crippen LogP contribution in [0.1, 0.15) is 111 Å². The fraction of sp³-hybridized carbons (Fsp3) is 0.0977. The third-order valence-corrected chi connectivity index (χ3v) is 31.9. The van der Waals surface area contributed by atoms with Crippen LogP contribution in [0.5, 0.6) is 0 Å². The smallest absolute Gasteiger partial charge is 0.0547 e. The van der Waals surface area contributed by atoms with E-state index in [1.165, 1.54) is 226 Å². The Kier molecular flexibility index (Phi) is 18.7. The third kappa shape index (κ3) is 12.8. The molecule has 0 unspecified atom stereocenters. The van der Waals surface area contributed by atoms with E-state index in [9.17, 15) is 0 Å². The van der Waals surface area contributed by atoms with Gasteiger partial charge in [0.1, 0.15) is 0 Å². The number of halogens is 1. The van der Waals surface area contributed by atoms with Crippen molar-refractivity contribution in [2.24, 2.45) is 0 Å². The van der Waals surface area contributed by atoms with Crippen molar-refractivity contribution in [1.29, 1.82) is 0 Å². The summed E-state index contributed by atoms with van der Waals surface area (Å²) in [6.07, 6.45) is 1.02. The zero-order valence-corrected chi connectivity index (χ0v) is 79.6. The van der Waals surface area contributed by atoms with Crippen LogP contribution < -0.4 is 9.80 Å². The first-order valence-corrected chi connectivity index (χ1v) is 49.0. The lowest BCUT2D eigenvalue weighted by Gasteiger charge is -2.28. The molecule has 0 N–H and O–H groups in total. The van der Waals surface area contributed by atoms with Gasteiger partial charge in [-0.2, -0.15) is 0 Å². The van der Waals surface area contributed by atoms with Crippen molar-refractivity contribution < 1.29 is 0 Å². The van der Waals surface area contributed by atoms with Crippen molar-refractivity contribution in [2.45, 2.75) is 83.5 Å². The lowest BCUT2D eigenvalue weighted by Crippen LogP contribution is -2.16. The lowest BCUT2D eigenvalue weighted by atomic mass is 9.81. The maximum Gasteiger partial charge on any atom is 0.0547 e. The van der Waals surface area contributed by atoms with Crippen molar-refractivity contribution >= 4 is 136 Å². The molecule has 0 atom stereocenters. The van der Waals surface area contributed by atoms with Gasteiger partial charge in [-0.3, -0.25) is 0 Å². The first-order chi connectivity index (χ1) is 66.9. The normalized spacial score (nSPS) is 14.1. The van der Waals surface area contributed by atoms with E-state index in [-0.39, 0.29) is 21.7 Å². The maximum atomic E-state index is 3.60. The third-order valence-electron chi connectivity index (χ3n) is 31.3. The van der Waals surface area contributed by atoms with E-state index in [1.54, 1.807) is 0 Å². The summed E-state index contributed by atoms with van der Waals surface area (Å²) in [7, 11) is 0. The van der Waals surface area contributed by atoms with Crippen LogP contribution in [0.25, 0.3) is 170 Å². The van der Waals surface area contributed by atoms with Crippen LogP contribution in [-0.4, -0.2) is 4.57 Å². The maximum absolute atomic E-state index is 3.60. The average molecular weight is 1820 g/mol. The monoisotopic (exact) mass is 1820 g/mol. The predicted octanol–water partition coefficient (Wildman–Crippen LogP) is 36.9. The Hall–Kier alpha value is -15.7. The van der Waals surface area contributed by atoms with Gasteiger partial charge in [0.25, 0.3) is 0 Å². The molecule has 22 aromatic carbocycles. The average Bonchev–Trinajstić information content (AvgIpc) is 1.51. The van der Waals surface area contributed by atoms with Crippen LogP contribution in [0.3, 0.4) is 0 Å². The SMILES string of the molecule is CC1(C)c2ccccc2-c2cc3c(cc21)Cc1cc2c4ccccc4c4ccccc4c2cc1-3.CC1(C)c2ccccc2-c2ccc(N(c3ccc(-c4ccccc4)cc3)c3ccc(-n4c5cc6c(cc5c5cc7c8ccccc8c8ccccc8c7cc54)-c4ccccc4C6(C)C)cc3)cc21.CC1(C)c2ccccc2-c2ccc(N(c3ccc(Br)cc3)c3ccc(-c4ccccc4)cc3)cc21. The van der Waals surface area contributed by atoms with Crippen molar-refractivity contribution in [1.82, 2.24) is 4.57 Å². The second-order valence-electron chi connectivity index (χ2n) is 40.3. The van der Waals surface area contributed by atoms with E-state index in [0.29, 0.717) is 0 Å². The number of hydrogen-bond acceptors (Lipinski definition) is 2. The van der Waals surface area contributed by atoms with Gasteiger partial charge in [0.15, 0.2) is 0 Å². The van der Waals surface area contributed by atoms with Crippen LogP contribution in [0.2, 0.25) is 0 Å². The van der Waals surface area contributed by atoms with Crippen LogP contribution in [0.15, 0.2) is 441 Å². The van der Waals surface area contributed by atoms with Crippen LogP contribution in [0, 0.1) is 0 Å². The molecular formula is C133H98BrN3. The minimum absolute atomic E-state index is 0.0372. The molecule has 652 valence electrons. The Morgan fingerprint density at radius 3 is 0.898 bits per heavy atom. The number of nitrogens with zero attached hydrogens (tertiary/aromatic N) is 3. The van der Waals surface area contributed by atoms with Gasteiger partial charge in [-0.1, -0.05) is 369 Å². The number of aromatic nitrogens is 1. The Morgan fingerprint density at radius 2 is 0.467 bits per heavy atom. The topological polar surface area (TPSA) is 11.4 Å². The van der Waals surface area contributed by atoms with Crippen molar-refractivity contribution in [2.75, 3.05) is 9.80 Å². The largest absolute Gasteiger partial charge is 0.310 e. The highest BCUT2D eigenvalue weighted by Crippen LogP contribution is 2.58. The minimum atomic E-state index is -0.134. The minimum Gasteiger partial charge on any atom is -0.310 e. The zero-order chi connectivity index (χ0) is 92.1. The highest BCUT2D eigenvalue weighted by Gasteiger charge is 2.42. The van der Waals surface area contributed by atoms with Gasteiger partial charge in [-0.25, -0.2) is 0 Å². The Morgan fingerprint density at radius 1 is 0.190 bits per heavy atom. The molecular weight excluding hydrogens is 1720 g/mol. The van der Waals surface area contributed by atoms with Crippen LogP contribution in [-0.2, 0) is 28.1 Å². The fourth-order valence-corrected chi connectivity index (χ4v) is 24.7. The molecule has 0 amide bonds. The van der Waals surface area contributed by atoms with Crippen molar-refractivity contribution in [3.05, 3.63) is 497 Å². The predicted molar refractivity (Wildman–Crippen MR) is 585 cm³/mol. The molecule has 4 heteroatoms. The van der Waals surface area contributed by atoms with E-state index in [1.807, 2.05) is 0 Å². The molecule has 5 aliphatic rings. The second-order valence-corrected chi connectivity index (χ2v) is 41.2. The molecule has 0 bridgehead atoms. The highest BCUT2D eigenvalue weighted by molar-refractivity contribution is 9.10. The van der Waals surface area contributed by atoms with E-state index in [2.05, 4.69) is 522 Å². The molecule has 0 saturated heterocycles. The summed E-state index contributed by atoms with van der Waals surface area (Å²) >= 11 is 3.60. The lowest BCUT2D eigenvalue weighted by molar-refractivity contribution is 0.659. The summed E-state index contributed by atoms with van der Waals surface area (Å²) in [4.78, 5) is 4.78. The first kappa shape index (κ1) is 82.0. The molecule has 0 fully saturated rings. The molecule has 0 aliphatic heterocycles. The summed E-state index contributed by atoms with van der Waals surface area (Å²) in [5.74, 6) is 0. The van der Waals surface area contributed by atoms with Gasteiger partial charge in [-0.05, 0) is 344 Å². The van der Waals surface area contributed by atoms with Crippen molar-refractivity contribution in [3.63, 3.8) is 0 Å². The van der Waals surface area contributed by atoms with E-state index < -0.39 is 0 Å². The molecule has 28 rings (SSSR count). The molecule has 3 nitrogen and oxygen atoms in total. The van der Waals surface area contributed by atoms with Gasteiger partial charge < -0.3 is 14.4 Å². The molecule has 0 spiro atoms. The highest BCUT2D eigenvalue weighted by atomic mass is 79.9. The van der Waals surface area contributed by atoms with Gasteiger partial charge in [0.05, 0.1) is 11.0 Å². The van der Waals surface area contributed by atoms with Crippen LogP contribution >= 0.6 is 15.9 Å². The summed E-state index contributed by atoms with van der Waals surface area (Å²) in [6, 6.07) is 162. The second kappa shape index (κ2) is 31.2. The Labute approximate surface area is 808 Å². The van der Waals surface area contributed by atoms with E-state index in [4.69, 9.17) is 0 Å². The fourth-order valence-electron chi connectivity index (χ4n) is 24.4. The molecule has 0 saturated carbocycles. The molecule has 5 aliphatic carbocycles. The molecule has 1 heterocycles. The standard InChI is InChI=1S/C66H48N2.C34H24.C33H26BrN/c1-65(2)59-24-14-12-22-51(59)53-35-34-46(36-61(53)65)67(43-28-26-42(27-29-43)41-16-6-5-7-17-41)44-30-32-45(33-31-44)68-63-39-55-50-21-11-9-19-48(50)47-18-8-10-20-49(47)54(55)37-57(63)58-38-56-52-23-13-15-25-60(52)66(3,4)62(56)40-64(58)68;1-34(2)32-14-8-7-13-26(32)31-19-28-21(17-33(31)34)15-20-16-29-24-11-5-3-9-22(24)23-10-4-6-12-25(23)30(29)18-27(20)28;1-33(2)31-11-7-6-10-29(31)30-21-20-28(22-32(30)33)35(27-18-14-25(34)15-19-27)26-16-12-24(13-17-26)23-8-4-3-5-9-23/h5-40H,1-4H3;3-14,16-19H,15H2,1-2H3;3-22H,1-2H3. The number of benzene rings is 22. The molecule has 1 aromatic heterocycles. The van der Waals surface area contributed by atoms with Gasteiger partial charge in [-0.15, -0.1) is 0 Å². The number of rotatable bonds is 9. The van der Waals surface area contributed by atoms with Crippen molar-refractivity contribution in [3.8, 4) is 83.6 Å². The number of hydrogen-bond donors (Lipinski definition) is 0. The quantitative estimate of drug-likeness (QED) is 0.133. The molecule has 137 heavy (non-hydrogen) atoms. The van der Waals surface area contributed by atoms with Gasteiger partial charge in [0.2, 0.25) is 0 Å². The molecule has 0 radical (unpaired) electrons. The number of fused-ring (bicyclic) bond motifs is 30. The number of anilines is 6. The Balaban J connectivity index is 0.000000118. The summed E-state index contributed by atoms with van der Waals surface area (Å²) in [5, 5.41) is 18.4. The molecule has 23 aromatic rings. The first-order valence-electron chi connectivity index (χ1n) is 48.2. The summed E-state index contributed by atoms with van der Waals surface area (Å²) < 4.78 is 3.61. The Bertz CT molecular complexity index is 8960. The van der Waals surface area contributed by atoms with E-state index in [0.717, 1.165) is 45.0 Å². The zero-order valence-electron chi connectivity index (χ0n) is 78.0. The summed E-state index contributed by atoms with van der Waals surface area (Å²) in [6.45, 7) is 18.9. The van der Waals surface area contributed by atoms with E-state index >= 15 is 0 Å².